The highest BCUT2D eigenvalue weighted by Crippen LogP contribution is 2.36. The molecular weight excluding hydrogens is 204 g/mol. The molecule has 3 rings (SSSR count). The van der Waals surface area contributed by atoms with Crippen molar-refractivity contribution in [3.8, 4) is 0 Å². The summed E-state index contributed by atoms with van der Waals surface area (Å²) in [6, 6.07) is 8.34. The number of nitrogens with zero attached hydrogens (tertiary/aromatic N) is 2. The minimum absolute atomic E-state index is 0.193. The Balaban J connectivity index is 1.98. The van der Waals surface area contributed by atoms with Crippen molar-refractivity contribution in [3.05, 3.63) is 47.1 Å². The predicted octanol–water partition coefficient (Wildman–Crippen LogP) is 1.64. The van der Waals surface area contributed by atoms with Gasteiger partial charge in [-0.3, -0.25) is 0 Å². The van der Waals surface area contributed by atoms with Crippen molar-refractivity contribution in [1.82, 2.24) is 10.1 Å². The number of hydrogen-bond acceptors (Lipinski definition) is 4. The number of rotatable bonds is 2. The Morgan fingerprint density at radius 2 is 2.25 bits per heavy atom. The number of fused-ring (bicyclic) bond motifs is 1. The topological polar surface area (TPSA) is 59.2 Å². The average molecular weight is 216 g/mol. The van der Waals surface area contributed by atoms with Gasteiger partial charge in [-0.15, -0.1) is 0 Å². The Hall–Kier alpha value is -1.68. The van der Waals surface area contributed by atoms with Crippen LogP contribution in [0.4, 0.5) is 0 Å². The first-order chi connectivity index (χ1) is 7.88. The van der Waals surface area contributed by atoms with Gasteiger partial charge in [0.25, 0.3) is 5.89 Å². The SMILES string of the molecule is OCc1nc(C2CCc3ccccc32)no1. The first-order valence-electron chi connectivity index (χ1n) is 5.39. The van der Waals surface area contributed by atoms with E-state index in [0.29, 0.717) is 11.7 Å². The van der Waals surface area contributed by atoms with Crippen molar-refractivity contribution in [2.24, 2.45) is 0 Å². The molecule has 1 aromatic heterocycles. The average Bonchev–Trinajstić information content (AvgIpc) is 2.94. The monoisotopic (exact) mass is 216 g/mol. The molecule has 4 nitrogen and oxygen atoms in total. The first kappa shape index (κ1) is 9.54. The van der Waals surface area contributed by atoms with Crippen LogP contribution < -0.4 is 0 Å². The summed E-state index contributed by atoms with van der Waals surface area (Å²) in [4.78, 5) is 4.18. The molecule has 0 fully saturated rings. The van der Waals surface area contributed by atoms with E-state index in [1.54, 1.807) is 0 Å². The lowest BCUT2D eigenvalue weighted by Gasteiger charge is -2.05. The molecule has 1 unspecified atom stereocenters. The van der Waals surface area contributed by atoms with Crippen molar-refractivity contribution in [3.63, 3.8) is 0 Å². The maximum Gasteiger partial charge on any atom is 0.252 e. The molecule has 16 heavy (non-hydrogen) atoms. The van der Waals surface area contributed by atoms with Crippen LogP contribution in [0.1, 0.15) is 35.2 Å². The van der Waals surface area contributed by atoms with Gasteiger partial charge >= 0.3 is 0 Å². The van der Waals surface area contributed by atoms with E-state index in [-0.39, 0.29) is 12.5 Å². The summed E-state index contributed by atoms with van der Waals surface area (Å²) in [5.74, 6) is 1.20. The zero-order valence-electron chi connectivity index (χ0n) is 8.76. The fourth-order valence-corrected chi connectivity index (χ4v) is 2.30. The molecule has 0 radical (unpaired) electrons. The molecule has 0 spiro atoms. The van der Waals surface area contributed by atoms with E-state index in [1.165, 1.54) is 11.1 Å². The fraction of sp³-hybridized carbons (Fsp3) is 0.333. The molecule has 2 aromatic rings. The fourth-order valence-electron chi connectivity index (χ4n) is 2.30. The van der Waals surface area contributed by atoms with Crippen LogP contribution in [0.3, 0.4) is 0 Å². The smallest absolute Gasteiger partial charge is 0.252 e. The highest BCUT2D eigenvalue weighted by molar-refractivity contribution is 5.38. The molecule has 0 bridgehead atoms. The lowest BCUT2D eigenvalue weighted by Crippen LogP contribution is -1.98. The third kappa shape index (κ3) is 1.42. The van der Waals surface area contributed by atoms with Crippen LogP contribution in [0.25, 0.3) is 0 Å². The van der Waals surface area contributed by atoms with Crippen molar-refractivity contribution in [2.45, 2.75) is 25.4 Å². The van der Waals surface area contributed by atoms with Crippen LogP contribution in [0.5, 0.6) is 0 Å². The Labute approximate surface area is 92.9 Å². The van der Waals surface area contributed by atoms with Crippen LogP contribution in [0.15, 0.2) is 28.8 Å². The molecular formula is C12H12N2O2. The van der Waals surface area contributed by atoms with Gasteiger partial charge in [0.1, 0.15) is 6.61 Å². The zero-order chi connectivity index (χ0) is 11.0. The summed E-state index contributed by atoms with van der Waals surface area (Å²) in [5, 5.41) is 12.8. The summed E-state index contributed by atoms with van der Waals surface area (Å²) in [6.07, 6.45) is 2.08. The van der Waals surface area contributed by atoms with Crippen LogP contribution >= 0.6 is 0 Å². The largest absolute Gasteiger partial charge is 0.387 e. The standard InChI is InChI=1S/C12H12N2O2/c15-7-11-13-12(14-16-11)10-6-5-8-3-1-2-4-9(8)10/h1-4,10,15H,5-7H2. The van der Waals surface area contributed by atoms with Gasteiger partial charge in [0.05, 0.1) is 0 Å². The van der Waals surface area contributed by atoms with E-state index < -0.39 is 0 Å². The highest BCUT2D eigenvalue weighted by Gasteiger charge is 2.27. The van der Waals surface area contributed by atoms with Crippen molar-refractivity contribution >= 4 is 0 Å². The van der Waals surface area contributed by atoms with Crippen molar-refractivity contribution in [2.75, 3.05) is 0 Å². The minimum Gasteiger partial charge on any atom is -0.387 e. The molecule has 82 valence electrons. The maximum atomic E-state index is 8.89. The number of aromatic nitrogens is 2. The van der Waals surface area contributed by atoms with E-state index in [1.807, 2.05) is 6.07 Å². The third-order valence-corrected chi connectivity index (χ3v) is 3.06. The maximum absolute atomic E-state index is 8.89. The van der Waals surface area contributed by atoms with Crippen LogP contribution in [-0.2, 0) is 13.0 Å². The Morgan fingerprint density at radius 3 is 3.06 bits per heavy atom. The summed E-state index contributed by atoms with van der Waals surface area (Å²) >= 11 is 0. The highest BCUT2D eigenvalue weighted by atomic mass is 16.5. The number of benzene rings is 1. The Bertz CT molecular complexity index is 507. The normalized spacial score (nSPS) is 18.7. The van der Waals surface area contributed by atoms with E-state index in [4.69, 9.17) is 9.63 Å². The molecule has 0 aliphatic heterocycles. The summed E-state index contributed by atoms with van der Waals surface area (Å²) < 4.78 is 4.93. The molecule has 0 amide bonds. The summed E-state index contributed by atoms with van der Waals surface area (Å²) in [7, 11) is 0. The zero-order valence-corrected chi connectivity index (χ0v) is 8.76. The number of aryl methyl sites for hydroxylation is 1. The van der Waals surface area contributed by atoms with Crippen molar-refractivity contribution < 1.29 is 9.63 Å². The molecule has 1 atom stereocenters. The minimum atomic E-state index is -0.193. The lowest BCUT2D eigenvalue weighted by atomic mass is 10.0. The molecule has 1 aliphatic rings. The first-order valence-corrected chi connectivity index (χ1v) is 5.39. The second-order valence-electron chi connectivity index (χ2n) is 3.99. The molecule has 0 saturated heterocycles. The second kappa shape index (κ2) is 3.72. The van der Waals surface area contributed by atoms with E-state index in [0.717, 1.165) is 12.8 Å². The van der Waals surface area contributed by atoms with Gasteiger partial charge in [0, 0.05) is 5.92 Å². The van der Waals surface area contributed by atoms with Crippen LogP contribution in [0.2, 0.25) is 0 Å². The molecule has 0 saturated carbocycles. The Morgan fingerprint density at radius 1 is 1.38 bits per heavy atom. The van der Waals surface area contributed by atoms with Crippen LogP contribution in [-0.4, -0.2) is 15.2 Å². The molecule has 1 aromatic carbocycles. The molecule has 1 heterocycles. The van der Waals surface area contributed by atoms with E-state index in [2.05, 4.69) is 28.3 Å². The van der Waals surface area contributed by atoms with Gasteiger partial charge in [-0.05, 0) is 24.0 Å². The van der Waals surface area contributed by atoms with Gasteiger partial charge in [-0.25, -0.2) is 0 Å². The van der Waals surface area contributed by atoms with E-state index >= 15 is 0 Å². The number of aliphatic hydroxyl groups is 1. The summed E-state index contributed by atoms with van der Waals surface area (Å²) in [6.45, 7) is -0.193. The van der Waals surface area contributed by atoms with Gasteiger partial charge in [-0.2, -0.15) is 4.98 Å². The summed E-state index contributed by atoms with van der Waals surface area (Å²) in [5.41, 5.74) is 2.65. The third-order valence-electron chi connectivity index (χ3n) is 3.06. The second-order valence-corrected chi connectivity index (χ2v) is 3.99. The number of hydrogen-bond donors (Lipinski definition) is 1. The molecule has 4 heteroatoms. The van der Waals surface area contributed by atoms with Gasteiger partial charge in [0.2, 0.25) is 0 Å². The van der Waals surface area contributed by atoms with Gasteiger partial charge in [-0.1, -0.05) is 29.4 Å². The molecule has 1 aliphatic carbocycles. The lowest BCUT2D eigenvalue weighted by molar-refractivity contribution is 0.222. The quantitative estimate of drug-likeness (QED) is 0.829. The van der Waals surface area contributed by atoms with Crippen LogP contribution in [0, 0.1) is 0 Å². The van der Waals surface area contributed by atoms with Gasteiger partial charge < -0.3 is 9.63 Å². The van der Waals surface area contributed by atoms with Gasteiger partial charge in [0.15, 0.2) is 5.82 Å². The van der Waals surface area contributed by atoms with E-state index in [9.17, 15) is 0 Å². The van der Waals surface area contributed by atoms with Crippen molar-refractivity contribution in [1.29, 1.82) is 0 Å². The molecule has 1 N–H and O–H groups in total. The predicted molar refractivity (Wildman–Crippen MR) is 56.8 cm³/mol. The number of aliphatic hydroxyl groups excluding tert-OH is 1. The Kier molecular flexibility index (Phi) is 2.22.